The van der Waals surface area contributed by atoms with Crippen LogP contribution in [-0.4, -0.2) is 50.1 Å². The molecular formula is C21H30O6. The van der Waals surface area contributed by atoms with Gasteiger partial charge in [0.15, 0.2) is 0 Å². The molecule has 0 N–H and O–H groups in total. The molecule has 0 aromatic rings. The van der Waals surface area contributed by atoms with E-state index in [0.717, 1.165) is 19.3 Å². The Morgan fingerprint density at radius 3 is 2.41 bits per heavy atom. The molecule has 0 saturated carbocycles. The zero-order valence-electron chi connectivity index (χ0n) is 16.7. The summed E-state index contributed by atoms with van der Waals surface area (Å²) in [4.78, 5) is 24.3. The summed E-state index contributed by atoms with van der Waals surface area (Å²) in [5, 5.41) is 0. The highest BCUT2D eigenvalue weighted by atomic mass is 16.6. The molecule has 3 aliphatic rings. The molecule has 0 unspecified atom stereocenters. The maximum atomic E-state index is 12.2. The Balaban J connectivity index is 1.83. The highest BCUT2D eigenvalue weighted by Crippen LogP contribution is 2.49. The van der Waals surface area contributed by atoms with Gasteiger partial charge in [-0.25, -0.2) is 9.59 Å². The molecule has 2 saturated heterocycles. The van der Waals surface area contributed by atoms with Gasteiger partial charge in [0.2, 0.25) is 0 Å². The standard InChI is InChI=1S/C21H30O6/c1-13(2)21-11-10-14(19(22)24-3)6-5-7-16-17(26-16)9-8-15(20(23)25-4)12-18(21)27-21/h6,12-13,16-18H,5,7-11H2,1-4H3/b14-6?,15-12-/t16-,17-,18-,21+/m0/s1. The fourth-order valence-corrected chi connectivity index (χ4v) is 4.05. The summed E-state index contributed by atoms with van der Waals surface area (Å²) in [7, 11) is 2.82. The minimum Gasteiger partial charge on any atom is -0.466 e. The zero-order valence-corrected chi connectivity index (χ0v) is 16.7. The minimum atomic E-state index is -0.352. The molecule has 2 aliphatic heterocycles. The molecule has 4 atom stereocenters. The van der Waals surface area contributed by atoms with Gasteiger partial charge in [-0.05, 0) is 50.5 Å². The van der Waals surface area contributed by atoms with Gasteiger partial charge < -0.3 is 18.9 Å². The van der Waals surface area contributed by atoms with E-state index in [9.17, 15) is 9.59 Å². The van der Waals surface area contributed by atoms with E-state index in [4.69, 9.17) is 18.9 Å². The van der Waals surface area contributed by atoms with Crippen LogP contribution in [0.2, 0.25) is 0 Å². The predicted molar refractivity (Wildman–Crippen MR) is 99.0 cm³/mol. The highest BCUT2D eigenvalue weighted by Gasteiger charge is 2.57. The number of hydrogen-bond acceptors (Lipinski definition) is 6. The normalized spacial score (nSPS) is 35.5. The summed E-state index contributed by atoms with van der Waals surface area (Å²) in [6.07, 6.45) is 8.52. The van der Waals surface area contributed by atoms with Crippen LogP contribution in [0.1, 0.15) is 52.4 Å². The van der Waals surface area contributed by atoms with E-state index in [1.54, 1.807) is 0 Å². The molecule has 1 aliphatic carbocycles. The maximum Gasteiger partial charge on any atom is 0.333 e. The molecule has 27 heavy (non-hydrogen) atoms. The lowest BCUT2D eigenvalue weighted by atomic mass is 9.85. The topological polar surface area (TPSA) is 77.7 Å². The van der Waals surface area contributed by atoms with Gasteiger partial charge in [-0.1, -0.05) is 19.9 Å². The number of fused-ring (bicyclic) bond motifs is 2. The van der Waals surface area contributed by atoms with Gasteiger partial charge >= 0.3 is 11.9 Å². The third-order valence-electron chi connectivity index (χ3n) is 6.01. The van der Waals surface area contributed by atoms with Crippen molar-refractivity contribution in [3.63, 3.8) is 0 Å². The molecule has 0 bridgehead atoms. The van der Waals surface area contributed by atoms with Crippen LogP contribution in [0, 0.1) is 5.92 Å². The summed E-state index contributed by atoms with van der Waals surface area (Å²) in [5.41, 5.74) is 0.994. The van der Waals surface area contributed by atoms with Gasteiger partial charge in [0.05, 0.1) is 26.4 Å². The maximum absolute atomic E-state index is 12.2. The summed E-state index contributed by atoms with van der Waals surface area (Å²) < 4.78 is 21.7. The van der Waals surface area contributed by atoms with Crippen molar-refractivity contribution in [2.75, 3.05) is 14.2 Å². The second-order valence-corrected chi connectivity index (χ2v) is 7.88. The molecule has 6 nitrogen and oxygen atoms in total. The summed E-state index contributed by atoms with van der Waals surface area (Å²) in [6.45, 7) is 4.22. The Morgan fingerprint density at radius 2 is 1.74 bits per heavy atom. The molecule has 2 heterocycles. The molecule has 6 heteroatoms. The van der Waals surface area contributed by atoms with Crippen molar-refractivity contribution in [2.45, 2.75) is 76.3 Å². The summed E-state index contributed by atoms with van der Waals surface area (Å²) >= 11 is 0. The number of esters is 2. The van der Waals surface area contributed by atoms with Crippen molar-refractivity contribution in [2.24, 2.45) is 5.92 Å². The molecular weight excluding hydrogens is 348 g/mol. The second kappa shape index (κ2) is 8.15. The highest BCUT2D eigenvalue weighted by molar-refractivity contribution is 5.89. The lowest BCUT2D eigenvalue weighted by Crippen LogP contribution is -2.24. The van der Waals surface area contributed by atoms with Crippen molar-refractivity contribution in [1.29, 1.82) is 0 Å². The minimum absolute atomic E-state index is 0.135. The molecule has 3 rings (SSSR count). The van der Waals surface area contributed by atoms with E-state index < -0.39 is 0 Å². The Hall–Kier alpha value is -1.66. The summed E-state index contributed by atoms with van der Waals surface area (Å²) in [5.74, 6) is -0.319. The van der Waals surface area contributed by atoms with Crippen molar-refractivity contribution < 1.29 is 28.5 Å². The zero-order chi connectivity index (χ0) is 19.6. The first-order chi connectivity index (χ1) is 12.9. The van der Waals surface area contributed by atoms with E-state index in [1.165, 1.54) is 14.2 Å². The smallest absolute Gasteiger partial charge is 0.333 e. The van der Waals surface area contributed by atoms with Gasteiger partial charge in [0, 0.05) is 11.1 Å². The van der Waals surface area contributed by atoms with Crippen molar-refractivity contribution in [3.05, 3.63) is 23.3 Å². The average Bonchev–Trinajstić information content (AvgIpc) is 3.55. The number of epoxide rings is 2. The van der Waals surface area contributed by atoms with Crippen LogP contribution in [0.3, 0.4) is 0 Å². The lowest BCUT2D eigenvalue weighted by Gasteiger charge is -2.18. The Bertz CT molecular complexity index is 649. The van der Waals surface area contributed by atoms with E-state index in [-0.39, 0.29) is 41.8 Å². The van der Waals surface area contributed by atoms with Crippen molar-refractivity contribution >= 4 is 11.9 Å². The van der Waals surface area contributed by atoms with E-state index in [1.807, 2.05) is 12.2 Å². The number of hydrogen-bond donors (Lipinski definition) is 0. The number of carbonyl (C=O) groups excluding carboxylic acids is 2. The van der Waals surface area contributed by atoms with Crippen LogP contribution >= 0.6 is 0 Å². The lowest BCUT2D eigenvalue weighted by molar-refractivity contribution is -0.137. The Labute approximate surface area is 160 Å². The Kier molecular flexibility index (Phi) is 6.06. The first-order valence-electron chi connectivity index (χ1n) is 9.81. The number of rotatable bonds is 3. The molecule has 0 spiro atoms. The van der Waals surface area contributed by atoms with Crippen molar-refractivity contribution in [1.82, 2.24) is 0 Å². The van der Waals surface area contributed by atoms with Crippen LogP contribution in [-0.2, 0) is 28.5 Å². The average molecular weight is 378 g/mol. The van der Waals surface area contributed by atoms with E-state index in [2.05, 4.69) is 13.8 Å². The molecule has 0 aromatic carbocycles. The van der Waals surface area contributed by atoms with Gasteiger partial charge in [0.25, 0.3) is 0 Å². The van der Waals surface area contributed by atoms with Gasteiger partial charge in [-0.15, -0.1) is 0 Å². The third-order valence-corrected chi connectivity index (χ3v) is 6.01. The molecule has 150 valence electrons. The van der Waals surface area contributed by atoms with Crippen LogP contribution in [0.4, 0.5) is 0 Å². The number of ether oxygens (including phenoxy) is 4. The Morgan fingerprint density at radius 1 is 1.07 bits per heavy atom. The summed E-state index contributed by atoms with van der Waals surface area (Å²) in [6, 6.07) is 0. The fraction of sp³-hybridized carbons (Fsp3) is 0.714. The van der Waals surface area contributed by atoms with Gasteiger partial charge in [-0.2, -0.15) is 0 Å². The van der Waals surface area contributed by atoms with Crippen LogP contribution < -0.4 is 0 Å². The van der Waals surface area contributed by atoms with Gasteiger partial charge in [-0.3, -0.25) is 0 Å². The molecule has 2 fully saturated rings. The number of allylic oxidation sites excluding steroid dienone is 1. The fourth-order valence-electron chi connectivity index (χ4n) is 4.05. The van der Waals surface area contributed by atoms with Crippen LogP contribution in [0.25, 0.3) is 0 Å². The first kappa shape index (κ1) is 20.1. The van der Waals surface area contributed by atoms with E-state index in [0.29, 0.717) is 30.4 Å². The largest absolute Gasteiger partial charge is 0.466 e. The quantitative estimate of drug-likeness (QED) is 0.555. The SMILES string of the molecule is COC(=O)C1=CCC[C@@H]2O[C@H]2CC/C(C(=O)OC)=C/[C@@H]2O[C@@]2(C(C)C)CC1. The van der Waals surface area contributed by atoms with Gasteiger partial charge in [0.1, 0.15) is 11.7 Å². The van der Waals surface area contributed by atoms with E-state index >= 15 is 0 Å². The van der Waals surface area contributed by atoms with Crippen LogP contribution in [0.5, 0.6) is 0 Å². The number of carbonyl (C=O) groups is 2. The third kappa shape index (κ3) is 4.43. The van der Waals surface area contributed by atoms with Crippen LogP contribution in [0.15, 0.2) is 23.3 Å². The first-order valence-corrected chi connectivity index (χ1v) is 9.81. The second-order valence-electron chi connectivity index (χ2n) is 7.88. The molecule has 0 radical (unpaired) electrons. The molecule has 0 aromatic heterocycles. The monoisotopic (exact) mass is 378 g/mol. The van der Waals surface area contributed by atoms with Crippen molar-refractivity contribution in [3.8, 4) is 0 Å². The number of methoxy groups -OCH3 is 2. The molecule has 0 amide bonds. The predicted octanol–water partition coefficient (Wildman–Crippen LogP) is 3.10.